The third-order valence-corrected chi connectivity index (χ3v) is 5.87. The monoisotopic (exact) mass is 391 g/mol. The molecule has 0 aliphatic carbocycles. The van der Waals surface area contributed by atoms with Gasteiger partial charge in [0, 0.05) is 19.0 Å². The highest BCUT2D eigenvalue weighted by Gasteiger charge is 2.26. The number of rotatable bonds is 5. The Labute approximate surface area is 172 Å². The molecule has 0 spiro atoms. The molecule has 1 N–H and O–H groups in total. The minimum atomic E-state index is 0.0578. The predicted octanol–water partition coefficient (Wildman–Crippen LogP) is 4.78. The lowest BCUT2D eigenvalue weighted by molar-refractivity contribution is -0.134. The zero-order chi connectivity index (χ0) is 20.4. The van der Waals surface area contributed by atoms with Gasteiger partial charge in [-0.15, -0.1) is 0 Å². The number of amides is 1. The van der Waals surface area contributed by atoms with Crippen molar-refractivity contribution in [2.45, 2.75) is 45.4 Å². The topological polar surface area (TPSA) is 58.2 Å². The lowest BCUT2D eigenvalue weighted by Crippen LogP contribution is -2.40. The second kappa shape index (κ2) is 8.27. The molecule has 0 radical (unpaired) electrons. The quantitative estimate of drug-likeness (QED) is 0.681. The summed E-state index contributed by atoms with van der Waals surface area (Å²) in [7, 11) is 0. The van der Waals surface area contributed by atoms with E-state index in [0.717, 1.165) is 54.1 Å². The number of ether oxygens (including phenoxy) is 1. The number of para-hydroxylation sites is 2. The number of aromatic nitrogens is 2. The number of piperidine rings is 1. The maximum absolute atomic E-state index is 12.7. The van der Waals surface area contributed by atoms with Crippen molar-refractivity contribution in [2.24, 2.45) is 0 Å². The maximum Gasteiger partial charge on any atom is 0.260 e. The van der Waals surface area contributed by atoms with Gasteiger partial charge in [0.2, 0.25) is 0 Å². The Bertz CT molecular complexity index is 967. The second-order valence-electron chi connectivity index (χ2n) is 8.26. The van der Waals surface area contributed by atoms with Crippen molar-refractivity contribution in [2.75, 3.05) is 19.7 Å². The fraction of sp³-hybridized carbons (Fsp3) is 0.417. The lowest BCUT2D eigenvalue weighted by atomic mass is 9.96. The average molecular weight is 392 g/mol. The number of imidazole rings is 1. The van der Waals surface area contributed by atoms with Gasteiger partial charge in [0.05, 0.1) is 11.0 Å². The van der Waals surface area contributed by atoms with E-state index in [2.05, 4.69) is 43.1 Å². The van der Waals surface area contributed by atoms with Crippen LogP contribution in [0.25, 0.3) is 11.0 Å². The Balaban J connectivity index is 1.33. The molecule has 0 atom stereocenters. The van der Waals surface area contributed by atoms with Crippen LogP contribution in [0.2, 0.25) is 0 Å². The first kappa shape index (κ1) is 19.5. The zero-order valence-electron chi connectivity index (χ0n) is 17.4. The van der Waals surface area contributed by atoms with Crippen LogP contribution in [-0.4, -0.2) is 40.5 Å². The molecule has 3 aromatic rings. The number of carbonyl (C=O) groups is 1. The number of nitrogens with one attached hydrogen (secondary N) is 1. The number of H-pyrrole nitrogens is 1. The number of benzene rings is 2. The Morgan fingerprint density at radius 2 is 1.97 bits per heavy atom. The van der Waals surface area contributed by atoms with Gasteiger partial charge in [-0.05, 0) is 55.0 Å². The second-order valence-corrected chi connectivity index (χ2v) is 8.26. The molecule has 2 heterocycles. The van der Waals surface area contributed by atoms with Gasteiger partial charge in [-0.3, -0.25) is 4.79 Å². The summed E-state index contributed by atoms with van der Waals surface area (Å²) in [6.45, 7) is 7.92. The highest BCUT2D eigenvalue weighted by molar-refractivity contribution is 5.78. The van der Waals surface area contributed by atoms with Crippen molar-refractivity contribution < 1.29 is 9.53 Å². The molecule has 1 amide bonds. The summed E-state index contributed by atoms with van der Waals surface area (Å²) in [4.78, 5) is 22.7. The number of aromatic amines is 1. The van der Waals surface area contributed by atoms with Gasteiger partial charge in [0.25, 0.3) is 5.91 Å². The van der Waals surface area contributed by atoms with Crippen molar-refractivity contribution >= 4 is 16.9 Å². The Morgan fingerprint density at radius 3 is 2.69 bits per heavy atom. The fourth-order valence-electron chi connectivity index (χ4n) is 3.93. The molecule has 1 fully saturated rings. The molecule has 2 aromatic carbocycles. The lowest BCUT2D eigenvalue weighted by Gasteiger charge is -2.31. The predicted molar refractivity (Wildman–Crippen MR) is 115 cm³/mol. The smallest absolute Gasteiger partial charge is 0.260 e. The van der Waals surface area contributed by atoms with E-state index in [1.165, 1.54) is 5.56 Å². The molecule has 0 unspecified atom stereocenters. The van der Waals surface area contributed by atoms with E-state index in [1.807, 2.05) is 30.0 Å². The van der Waals surface area contributed by atoms with Crippen LogP contribution >= 0.6 is 0 Å². The van der Waals surface area contributed by atoms with Gasteiger partial charge in [0.15, 0.2) is 6.61 Å². The van der Waals surface area contributed by atoms with Crippen LogP contribution in [0.1, 0.15) is 55.5 Å². The minimum Gasteiger partial charge on any atom is -0.483 e. The van der Waals surface area contributed by atoms with E-state index < -0.39 is 0 Å². The van der Waals surface area contributed by atoms with Crippen molar-refractivity contribution in [3.8, 4) is 5.75 Å². The molecule has 1 saturated heterocycles. The van der Waals surface area contributed by atoms with E-state index in [1.54, 1.807) is 0 Å². The van der Waals surface area contributed by atoms with Crippen LogP contribution in [0.5, 0.6) is 5.75 Å². The number of carbonyl (C=O) groups excluding carboxylic acids is 1. The summed E-state index contributed by atoms with van der Waals surface area (Å²) < 4.78 is 5.88. The molecule has 0 saturated carbocycles. The number of fused-ring (bicyclic) bond motifs is 1. The summed E-state index contributed by atoms with van der Waals surface area (Å²) >= 11 is 0. The van der Waals surface area contributed by atoms with E-state index >= 15 is 0 Å². The molecule has 1 aliphatic rings. The molecule has 5 nitrogen and oxygen atoms in total. The number of hydrogen-bond donors (Lipinski definition) is 1. The summed E-state index contributed by atoms with van der Waals surface area (Å²) in [5.41, 5.74) is 4.37. The number of likely N-dealkylation sites (tertiary alicyclic amines) is 1. The van der Waals surface area contributed by atoms with Crippen LogP contribution in [0.15, 0.2) is 42.5 Å². The zero-order valence-corrected chi connectivity index (χ0v) is 17.4. The van der Waals surface area contributed by atoms with E-state index in [0.29, 0.717) is 11.8 Å². The molecule has 1 aliphatic heterocycles. The highest BCUT2D eigenvalue weighted by atomic mass is 16.5. The molecule has 4 rings (SSSR count). The number of hydrogen-bond acceptors (Lipinski definition) is 3. The first-order valence-electron chi connectivity index (χ1n) is 10.5. The minimum absolute atomic E-state index is 0.0578. The first-order valence-corrected chi connectivity index (χ1v) is 10.5. The third-order valence-electron chi connectivity index (χ3n) is 5.87. The number of aryl methyl sites for hydroxylation is 1. The molecular formula is C24H29N3O2. The Hall–Kier alpha value is -2.82. The maximum atomic E-state index is 12.7. The van der Waals surface area contributed by atoms with Gasteiger partial charge in [-0.2, -0.15) is 0 Å². The standard InChI is InChI=1S/C24H29N3O2/c1-16(2)19-9-8-17(3)22(14-19)29-15-23(28)27-12-10-18(11-13-27)24-25-20-6-4-5-7-21(20)26-24/h4-9,14,16,18H,10-13,15H2,1-3H3,(H,25,26). The first-order chi connectivity index (χ1) is 14.0. The van der Waals surface area contributed by atoms with Crippen molar-refractivity contribution in [3.05, 3.63) is 59.4 Å². The Kier molecular flexibility index (Phi) is 5.56. The summed E-state index contributed by atoms with van der Waals surface area (Å²) in [6.07, 6.45) is 1.85. The van der Waals surface area contributed by atoms with Crippen molar-refractivity contribution in [1.82, 2.24) is 14.9 Å². The normalized spacial score (nSPS) is 15.2. The van der Waals surface area contributed by atoms with Crippen LogP contribution < -0.4 is 4.74 Å². The molecule has 0 bridgehead atoms. The van der Waals surface area contributed by atoms with Crippen LogP contribution in [0, 0.1) is 6.92 Å². The van der Waals surface area contributed by atoms with E-state index in [9.17, 15) is 4.79 Å². The third kappa shape index (κ3) is 4.29. The largest absolute Gasteiger partial charge is 0.483 e. The summed E-state index contributed by atoms with van der Waals surface area (Å²) in [5.74, 6) is 2.71. The van der Waals surface area contributed by atoms with Gasteiger partial charge in [-0.1, -0.05) is 38.1 Å². The van der Waals surface area contributed by atoms with Crippen LogP contribution in [-0.2, 0) is 4.79 Å². The molecule has 152 valence electrons. The molecular weight excluding hydrogens is 362 g/mol. The highest BCUT2D eigenvalue weighted by Crippen LogP contribution is 2.28. The van der Waals surface area contributed by atoms with Gasteiger partial charge in [0.1, 0.15) is 11.6 Å². The Morgan fingerprint density at radius 1 is 1.21 bits per heavy atom. The molecule has 1 aromatic heterocycles. The summed E-state index contributed by atoms with van der Waals surface area (Å²) in [5, 5.41) is 0. The SMILES string of the molecule is Cc1ccc(C(C)C)cc1OCC(=O)N1CCC(c2nc3ccccc3[nH]2)CC1. The number of nitrogens with zero attached hydrogens (tertiary/aromatic N) is 2. The molecule has 29 heavy (non-hydrogen) atoms. The fourth-order valence-corrected chi connectivity index (χ4v) is 3.93. The van der Waals surface area contributed by atoms with Gasteiger partial charge >= 0.3 is 0 Å². The van der Waals surface area contributed by atoms with Crippen LogP contribution in [0.4, 0.5) is 0 Å². The van der Waals surface area contributed by atoms with Crippen molar-refractivity contribution in [1.29, 1.82) is 0 Å². The summed E-state index contributed by atoms with van der Waals surface area (Å²) in [6, 6.07) is 14.4. The van der Waals surface area contributed by atoms with E-state index in [-0.39, 0.29) is 12.5 Å². The van der Waals surface area contributed by atoms with Crippen LogP contribution in [0.3, 0.4) is 0 Å². The van der Waals surface area contributed by atoms with Crippen molar-refractivity contribution in [3.63, 3.8) is 0 Å². The van der Waals surface area contributed by atoms with Gasteiger partial charge < -0.3 is 14.6 Å². The van der Waals surface area contributed by atoms with Gasteiger partial charge in [-0.25, -0.2) is 4.98 Å². The average Bonchev–Trinajstić information content (AvgIpc) is 3.17. The molecule has 5 heteroatoms. The van der Waals surface area contributed by atoms with E-state index in [4.69, 9.17) is 9.72 Å².